The van der Waals surface area contributed by atoms with Crippen LogP contribution < -0.4 is 4.74 Å². The maximum atomic E-state index is 11.3. The molecule has 3 nitrogen and oxygen atoms in total. The highest BCUT2D eigenvalue weighted by molar-refractivity contribution is 5.89. The number of benzene rings is 2. The van der Waals surface area contributed by atoms with Crippen molar-refractivity contribution >= 4 is 5.97 Å². The normalized spacial score (nSPS) is 12.6. The molecule has 1 atom stereocenters. The number of hydrogen-bond acceptors (Lipinski definition) is 2. The second-order valence-corrected chi connectivity index (χ2v) is 8.72. The Balaban J connectivity index is 2.27. The van der Waals surface area contributed by atoms with Gasteiger partial charge in [0.2, 0.25) is 0 Å². The minimum absolute atomic E-state index is 0.246. The van der Waals surface area contributed by atoms with E-state index in [9.17, 15) is 9.90 Å². The molecule has 3 heteroatoms. The molecule has 0 bridgehead atoms. The molecular formula is C25H34O3. The van der Waals surface area contributed by atoms with Gasteiger partial charge in [0.15, 0.2) is 0 Å². The van der Waals surface area contributed by atoms with Gasteiger partial charge in [0, 0.05) is 5.92 Å². The second-order valence-electron chi connectivity index (χ2n) is 8.72. The standard InChI is InChI=1S/C25H34O3/c1-7-18-16-20(10-12-23(18)28-14-13-25(4,5)6)21(8-2)19-9-11-22(24(26)27)17(3)15-19/h9-12,15-16,21H,7-8,13-14H2,1-6H3,(H,26,27). The molecule has 152 valence electrons. The average molecular weight is 383 g/mol. The van der Waals surface area contributed by atoms with E-state index in [1.165, 1.54) is 11.1 Å². The van der Waals surface area contributed by atoms with Gasteiger partial charge < -0.3 is 9.84 Å². The molecule has 0 saturated heterocycles. The van der Waals surface area contributed by atoms with Crippen LogP contribution in [0.1, 0.15) is 86.0 Å². The highest BCUT2D eigenvalue weighted by Crippen LogP contribution is 2.33. The lowest BCUT2D eigenvalue weighted by molar-refractivity contribution is 0.0696. The topological polar surface area (TPSA) is 46.5 Å². The van der Waals surface area contributed by atoms with E-state index in [0.717, 1.165) is 42.7 Å². The molecule has 0 aliphatic rings. The summed E-state index contributed by atoms with van der Waals surface area (Å²) in [5, 5.41) is 9.28. The first-order valence-corrected chi connectivity index (χ1v) is 10.3. The molecule has 2 aromatic carbocycles. The summed E-state index contributed by atoms with van der Waals surface area (Å²) in [6, 6.07) is 12.2. The van der Waals surface area contributed by atoms with E-state index in [1.54, 1.807) is 6.07 Å². The molecule has 0 fully saturated rings. The largest absolute Gasteiger partial charge is 0.493 e. The number of ether oxygens (including phenoxy) is 1. The van der Waals surface area contributed by atoms with Crippen molar-refractivity contribution in [1.29, 1.82) is 0 Å². The molecule has 1 N–H and O–H groups in total. The highest BCUT2D eigenvalue weighted by Gasteiger charge is 2.17. The van der Waals surface area contributed by atoms with E-state index in [1.807, 2.05) is 19.1 Å². The number of carbonyl (C=O) groups is 1. The van der Waals surface area contributed by atoms with E-state index in [2.05, 4.69) is 52.8 Å². The molecule has 0 radical (unpaired) electrons. The monoisotopic (exact) mass is 382 g/mol. The van der Waals surface area contributed by atoms with Gasteiger partial charge in [-0.3, -0.25) is 0 Å². The summed E-state index contributed by atoms with van der Waals surface area (Å²) >= 11 is 0. The number of hydrogen-bond donors (Lipinski definition) is 1. The Kier molecular flexibility index (Phi) is 7.29. The third-order valence-electron chi connectivity index (χ3n) is 5.27. The first kappa shape index (κ1) is 22.0. The second kappa shape index (κ2) is 9.27. The van der Waals surface area contributed by atoms with E-state index < -0.39 is 5.97 Å². The molecule has 0 saturated carbocycles. The number of carboxylic acids is 1. The lowest BCUT2D eigenvalue weighted by Crippen LogP contribution is -2.12. The third-order valence-corrected chi connectivity index (χ3v) is 5.27. The number of aryl methyl sites for hydroxylation is 2. The van der Waals surface area contributed by atoms with Crippen molar-refractivity contribution in [1.82, 2.24) is 0 Å². The van der Waals surface area contributed by atoms with E-state index in [-0.39, 0.29) is 11.3 Å². The van der Waals surface area contributed by atoms with Gasteiger partial charge in [0.1, 0.15) is 5.75 Å². The summed E-state index contributed by atoms with van der Waals surface area (Å²) in [7, 11) is 0. The van der Waals surface area contributed by atoms with Crippen molar-refractivity contribution in [3.05, 3.63) is 64.2 Å². The third kappa shape index (κ3) is 5.60. The molecule has 0 aromatic heterocycles. The van der Waals surface area contributed by atoms with Crippen LogP contribution in [0.5, 0.6) is 5.75 Å². The Morgan fingerprint density at radius 3 is 2.25 bits per heavy atom. The Morgan fingerprint density at radius 1 is 1.07 bits per heavy atom. The summed E-state index contributed by atoms with van der Waals surface area (Å²) < 4.78 is 6.07. The van der Waals surface area contributed by atoms with Crippen LogP contribution in [0, 0.1) is 12.3 Å². The van der Waals surface area contributed by atoms with Gasteiger partial charge >= 0.3 is 5.97 Å². The van der Waals surface area contributed by atoms with Crippen LogP contribution in [0.4, 0.5) is 0 Å². The van der Waals surface area contributed by atoms with Crippen molar-refractivity contribution in [2.45, 2.75) is 66.7 Å². The van der Waals surface area contributed by atoms with Gasteiger partial charge in [-0.2, -0.15) is 0 Å². The zero-order valence-corrected chi connectivity index (χ0v) is 18.1. The molecule has 28 heavy (non-hydrogen) atoms. The molecule has 1 unspecified atom stereocenters. The predicted molar refractivity (Wildman–Crippen MR) is 116 cm³/mol. The summed E-state index contributed by atoms with van der Waals surface area (Å²) in [5.74, 6) is 0.348. The van der Waals surface area contributed by atoms with Crippen molar-refractivity contribution < 1.29 is 14.6 Å². The molecule has 0 spiro atoms. The maximum Gasteiger partial charge on any atom is 0.335 e. The zero-order valence-electron chi connectivity index (χ0n) is 18.1. The van der Waals surface area contributed by atoms with E-state index >= 15 is 0 Å². The quantitative estimate of drug-likeness (QED) is 0.558. The van der Waals surface area contributed by atoms with E-state index in [0.29, 0.717) is 5.56 Å². The Labute approximate surface area is 169 Å². The summed E-state index contributed by atoms with van der Waals surface area (Å²) in [6.07, 6.45) is 2.90. The minimum Gasteiger partial charge on any atom is -0.493 e. The van der Waals surface area contributed by atoms with Gasteiger partial charge in [0.05, 0.1) is 12.2 Å². The number of carboxylic acid groups (broad SMARTS) is 1. The lowest BCUT2D eigenvalue weighted by Gasteiger charge is -2.21. The fourth-order valence-electron chi connectivity index (χ4n) is 3.51. The van der Waals surface area contributed by atoms with Crippen LogP contribution in [0.15, 0.2) is 36.4 Å². The van der Waals surface area contributed by atoms with Crippen molar-refractivity contribution in [3.8, 4) is 5.75 Å². The van der Waals surface area contributed by atoms with Crippen molar-refractivity contribution in [2.24, 2.45) is 5.41 Å². The lowest BCUT2D eigenvalue weighted by atomic mass is 9.86. The van der Waals surface area contributed by atoms with Crippen molar-refractivity contribution in [2.75, 3.05) is 6.61 Å². The first-order chi connectivity index (χ1) is 13.2. The van der Waals surface area contributed by atoms with Gasteiger partial charge in [-0.1, -0.05) is 58.9 Å². The number of rotatable bonds is 8. The van der Waals surface area contributed by atoms with Crippen LogP contribution in [-0.4, -0.2) is 17.7 Å². The fourth-order valence-corrected chi connectivity index (χ4v) is 3.51. The van der Waals surface area contributed by atoms with Crippen LogP contribution in [-0.2, 0) is 6.42 Å². The van der Waals surface area contributed by atoms with E-state index in [4.69, 9.17) is 4.74 Å². The maximum absolute atomic E-state index is 11.3. The van der Waals surface area contributed by atoms with Gasteiger partial charge in [0.25, 0.3) is 0 Å². The predicted octanol–water partition coefficient (Wildman–Crippen LogP) is 6.61. The van der Waals surface area contributed by atoms with Crippen LogP contribution >= 0.6 is 0 Å². The SMILES string of the molecule is CCc1cc(C(CC)c2ccc(C(=O)O)c(C)c2)ccc1OCCC(C)(C)C. The van der Waals surface area contributed by atoms with Crippen LogP contribution in [0.25, 0.3) is 0 Å². The molecule has 2 rings (SSSR count). The Morgan fingerprint density at radius 2 is 1.71 bits per heavy atom. The summed E-state index contributed by atoms with van der Waals surface area (Å²) in [6.45, 7) is 13.6. The zero-order chi connectivity index (χ0) is 20.9. The molecule has 0 amide bonds. The van der Waals surface area contributed by atoms with Crippen LogP contribution in [0.2, 0.25) is 0 Å². The number of aromatic carboxylic acids is 1. The van der Waals surface area contributed by atoms with Gasteiger partial charge in [-0.05, 0) is 66.0 Å². The smallest absolute Gasteiger partial charge is 0.335 e. The molecule has 0 aliphatic heterocycles. The van der Waals surface area contributed by atoms with Gasteiger partial charge in [-0.15, -0.1) is 0 Å². The summed E-state index contributed by atoms with van der Waals surface area (Å²) in [5.41, 5.74) is 5.08. The first-order valence-electron chi connectivity index (χ1n) is 10.3. The molecule has 0 aliphatic carbocycles. The van der Waals surface area contributed by atoms with Crippen molar-refractivity contribution in [3.63, 3.8) is 0 Å². The van der Waals surface area contributed by atoms with Crippen LogP contribution in [0.3, 0.4) is 0 Å². The molecule has 2 aromatic rings. The molecule has 0 heterocycles. The Bertz CT molecular complexity index is 815. The molecular weight excluding hydrogens is 348 g/mol. The highest BCUT2D eigenvalue weighted by atomic mass is 16.5. The summed E-state index contributed by atoms with van der Waals surface area (Å²) in [4.78, 5) is 11.3. The Hall–Kier alpha value is -2.29. The van der Waals surface area contributed by atoms with Gasteiger partial charge in [-0.25, -0.2) is 4.79 Å². The minimum atomic E-state index is -0.873. The fraction of sp³-hybridized carbons (Fsp3) is 0.480. The average Bonchev–Trinajstić information content (AvgIpc) is 2.62.